The molecule has 0 bridgehead atoms. The topological polar surface area (TPSA) is 37.4 Å². The summed E-state index contributed by atoms with van der Waals surface area (Å²) in [6.07, 6.45) is 4.46. The summed E-state index contributed by atoms with van der Waals surface area (Å²) in [7, 11) is 2.17. The summed E-state index contributed by atoms with van der Waals surface area (Å²) < 4.78 is 5.83. The van der Waals surface area contributed by atoms with Gasteiger partial charge >= 0.3 is 0 Å². The minimum atomic E-state index is 0.467. The number of hydrogen-bond donors (Lipinski definition) is 1. The predicted molar refractivity (Wildman–Crippen MR) is 77.4 cm³/mol. The van der Waals surface area contributed by atoms with Crippen LogP contribution in [0.2, 0.25) is 0 Å². The molecule has 1 saturated carbocycles. The summed E-state index contributed by atoms with van der Waals surface area (Å²) >= 11 is 0. The summed E-state index contributed by atoms with van der Waals surface area (Å²) in [6.45, 7) is 6.76. The number of nitrogens with one attached hydrogen (secondary N) is 1. The van der Waals surface area contributed by atoms with Crippen molar-refractivity contribution in [1.82, 2.24) is 15.2 Å². The number of rotatable bonds is 8. The molecular weight excluding hydrogens is 238 g/mol. The predicted octanol–water partition coefficient (Wildman–Crippen LogP) is 2.05. The molecule has 0 aromatic carbocycles. The Morgan fingerprint density at radius 2 is 2.26 bits per heavy atom. The molecule has 0 amide bonds. The third-order valence-corrected chi connectivity index (χ3v) is 3.40. The summed E-state index contributed by atoms with van der Waals surface area (Å²) in [5.74, 6) is 0.764. The molecule has 0 aliphatic heterocycles. The number of likely N-dealkylation sites (N-methyl/N-ethyl adjacent to an activating group) is 1. The minimum absolute atomic E-state index is 0.467. The van der Waals surface area contributed by atoms with E-state index < -0.39 is 0 Å². The van der Waals surface area contributed by atoms with Gasteiger partial charge in [-0.3, -0.25) is 0 Å². The van der Waals surface area contributed by atoms with Gasteiger partial charge in [-0.25, -0.2) is 4.98 Å². The fourth-order valence-corrected chi connectivity index (χ4v) is 1.99. The molecule has 1 aromatic rings. The van der Waals surface area contributed by atoms with Crippen molar-refractivity contribution in [2.24, 2.45) is 0 Å². The van der Waals surface area contributed by atoms with E-state index in [2.05, 4.69) is 42.2 Å². The van der Waals surface area contributed by atoms with Crippen LogP contribution in [0.15, 0.2) is 18.3 Å². The maximum Gasteiger partial charge on any atom is 0.217 e. The molecule has 2 rings (SSSR count). The van der Waals surface area contributed by atoms with Crippen molar-refractivity contribution >= 4 is 0 Å². The van der Waals surface area contributed by atoms with Gasteiger partial charge < -0.3 is 15.0 Å². The SMILES string of the molecule is CC(C)NCc1cccnc1OCCN(C)C1CC1. The second-order valence-corrected chi connectivity index (χ2v) is 5.56. The van der Waals surface area contributed by atoms with Gasteiger partial charge in [-0.2, -0.15) is 0 Å². The standard InChI is InChI=1S/C15H25N3O/c1-12(2)17-11-13-5-4-8-16-15(13)19-10-9-18(3)14-6-7-14/h4-5,8,12,14,17H,6-7,9-11H2,1-3H3. The van der Waals surface area contributed by atoms with Gasteiger partial charge in [-0.15, -0.1) is 0 Å². The van der Waals surface area contributed by atoms with Crippen molar-refractivity contribution in [2.75, 3.05) is 20.2 Å². The first kappa shape index (κ1) is 14.3. The Morgan fingerprint density at radius 3 is 2.95 bits per heavy atom. The zero-order valence-corrected chi connectivity index (χ0v) is 12.2. The fourth-order valence-electron chi connectivity index (χ4n) is 1.99. The highest BCUT2D eigenvalue weighted by Crippen LogP contribution is 2.24. The molecule has 0 unspecified atom stereocenters. The molecule has 19 heavy (non-hydrogen) atoms. The largest absolute Gasteiger partial charge is 0.476 e. The highest BCUT2D eigenvalue weighted by Gasteiger charge is 2.25. The van der Waals surface area contributed by atoms with Gasteiger partial charge in [-0.05, 0) is 26.0 Å². The molecule has 4 heteroatoms. The Morgan fingerprint density at radius 1 is 1.47 bits per heavy atom. The lowest BCUT2D eigenvalue weighted by Crippen LogP contribution is -2.27. The molecule has 1 heterocycles. The van der Waals surface area contributed by atoms with Crippen LogP contribution in [0.3, 0.4) is 0 Å². The van der Waals surface area contributed by atoms with Gasteiger partial charge in [0.25, 0.3) is 0 Å². The highest BCUT2D eigenvalue weighted by atomic mass is 16.5. The Hall–Kier alpha value is -1.13. The second-order valence-electron chi connectivity index (χ2n) is 5.56. The third-order valence-electron chi connectivity index (χ3n) is 3.40. The van der Waals surface area contributed by atoms with Gasteiger partial charge in [0, 0.05) is 36.9 Å². The quantitative estimate of drug-likeness (QED) is 0.779. The molecule has 0 radical (unpaired) electrons. The Kier molecular flexibility index (Phi) is 5.16. The van der Waals surface area contributed by atoms with Gasteiger partial charge in [-0.1, -0.05) is 19.9 Å². The lowest BCUT2D eigenvalue weighted by atomic mass is 10.2. The molecule has 1 aromatic heterocycles. The maximum atomic E-state index is 5.83. The van der Waals surface area contributed by atoms with Crippen LogP contribution in [0.1, 0.15) is 32.3 Å². The van der Waals surface area contributed by atoms with E-state index in [9.17, 15) is 0 Å². The first-order valence-electron chi connectivity index (χ1n) is 7.17. The first-order chi connectivity index (χ1) is 9.16. The maximum absolute atomic E-state index is 5.83. The lowest BCUT2D eigenvalue weighted by molar-refractivity contribution is 0.224. The fraction of sp³-hybridized carbons (Fsp3) is 0.667. The van der Waals surface area contributed by atoms with E-state index in [1.165, 1.54) is 12.8 Å². The third kappa shape index (κ3) is 4.80. The van der Waals surface area contributed by atoms with E-state index in [1.807, 2.05) is 6.07 Å². The van der Waals surface area contributed by atoms with Crippen molar-refractivity contribution in [3.8, 4) is 5.88 Å². The zero-order valence-electron chi connectivity index (χ0n) is 12.2. The first-order valence-corrected chi connectivity index (χ1v) is 7.17. The van der Waals surface area contributed by atoms with Crippen LogP contribution in [0.25, 0.3) is 0 Å². The summed E-state index contributed by atoms with van der Waals surface area (Å²) in [5, 5.41) is 3.40. The van der Waals surface area contributed by atoms with Crippen LogP contribution >= 0.6 is 0 Å². The van der Waals surface area contributed by atoms with Crippen LogP contribution in [-0.4, -0.2) is 42.2 Å². The number of ether oxygens (including phenoxy) is 1. The monoisotopic (exact) mass is 263 g/mol. The molecule has 0 saturated heterocycles. The van der Waals surface area contributed by atoms with Crippen molar-refractivity contribution in [3.63, 3.8) is 0 Å². The molecule has 4 nitrogen and oxygen atoms in total. The smallest absolute Gasteiger partial charge is 0.217 e. The molecular formula is C15H25N3O. The van der Waals surface area contributed by atoms with E-state index in [4.69, 9.17) is 4.74 Å². The van der Waals surface area contributed by atoms with Gasteiger partial charge in [0.1, 0.15) is 6.61 Å². The molecule has 1 N–H and O–H groups in total. The van der Waals surface area contributed by atoms with E-state index in [1.54, 1.807) is 6.20 Å². The van der Waals surface area contributed by atoms with Crippen molar-refractivity contribution in [3.05, 3.63) is 23.9 Å². The molecule has 1 aliphatic carbocycles. The van der Waals surface area contributed by atoms with Crippen LogP contribution in [-0.2, 0) is 6.54 Å². The minimum Gasteiger partial charge on any atom is -0.476 e. The number of pyridine rings is 1. The summed E-state index contributed by atoms with van der Waals surface area (Å²) in [5.41, 5.74) is 1.13. The van der Waals surface area contributed by atoms with Crippen molar-refractivity contribution in [2.45, 2.75) is 45.3 Å². The summed E-state index contributed by atoms with van der Waals surface area (Å²) in [6, 6.07) is 5.28. The zero-order chi connectivity index (χ0) is 13.7. The van der Waals surface area contributed by atoms with E-state index >= 15 is 0 Å². The van der Waals surface area contributed by atoms with E-state index in [0.717, 1.165) is 30.6 Å². The van der Waals surface area contributed by atoms with Crippen LogP contribution in [0.4, 0.5) is 0 Å². The van der Waals surface area contributed by atoms with E-state index in [-0.39, 0.29) is 0 Å². The molecule has 0 spiro atoms. The van der Waals surface area contributed by atoms with Gasteiger partial charge in [0.15, 0.2) is 0 Å². The van der Waals surface area contributed by atoms with Gasteiger partial charge in [0.2, 0.25) is 5.88 Å². The molecule has 106 valence electrons. The second kappa shape index (κ2) is 6.87. The van der Waals surface area contributed by atoms with Crippen LogP contribution in [0.5, 0.6) is 5.88 Å². The van der Waals surface area contributed by atoms with Crippen LogP contribution in [0, 0.1) is 0 Å². The molecule has 1 fully saturated rings. The highest BCUT2D eigenvalue weighted by molar-refractivity contribution is 5.25. The summed E-state index contributed by atoms with van der Waals surface area (Å²) in [4.78, 5) is 6.70. The molecule has 1 aliphatic rings. The van der Waals surface area contributed by atoms with E-state index in [0.29, 0.717) is 12.6 Å². The van der Waals surface area contributed by atoms with Crippen molar-refractivity contribution < 1.29 is 4.74 Å². The Balaban J connectivity index is 1.80. The number of aromatic nitrogens is 1. The number of hydrogen-bond acceptors (Lipinski definition) is 4. The normalized spacial score (nSPS) is 15.2. The van der Waals surface area contributed by atoms with Gasteiger partial charge in [0.05, 0.1) is 0 Å². The van der Waals surface area contributed by atoms with Crippen LogP contribution < -0.4 is 10.1 Å². The number of nitrogens with zero attached hydrogens (tertiary/aromatic N) is 2. The Labute approximate surface area is 116 Å². The average molecular weight is 263 g/mol. The van der Waals surface area contributed by atoms with Crippen molar-refractivity contribution in [1.29, 1.82) is 0 Å². The Bertz CT molecular complexity index is 391. The molecule has 0 atom stereocenters. The average Bonchev–Trinajstić information content (AvgIpc) is 3.21. The lowest BCUT2D eigenvalue weighted by Gasteiger charge is -2.17.